The number of sulfonamides is 1. The molecular formula is C21H26N4O3S. The van der Waals surface area contributed by atoms with Crippen LogP contribution < -0.4 is 4.84 Å². The number of aromatic nitrogens is 3. The molecule has 0 amide bonds. The molecule has 29 heavy (non-hydrogen) atoms. The van der Waals surface area contributed by atoms with Gasteiger partial charge in [-0.3, -0.25) is 0 Å². The van der Waals surface area contributed by atoms with Crippen molar-refractivity contribution in [1.29, 1.82) is 0 Å². The van der Waals surface area contributed by atoms with E-state index in [1.165, 1.54) is 4.85 Å². The number of benzene rings is 2. The zero-order chi connectivity index (χ0) is 20.6. The van der Waals surface area contributed by atoms with Crippen LogP contribution in [0.5, 0.6) is 0 Å². The number of nitrogens with zero attached hydrogens (tertiary/aromatic N) is 4. The molecule has 2 aromatic carbocycles. The second-order valence-electron chi connectivity index (χ2n) is 7.93. The maximum absolute atomic E-state index is 13.1. The zero-order valence-electron chi connectivity index (χ0n) is 17.0. The molecule has 7 nitrogen and oxygen atoms in total. The summed E-state index contributed by atoms with van der Waals surface area (Å²) >= 11 is 0. The molecule has 1 saturated heterocycles. The number of piperidine rings is 1. The molecule has 3 aromatic rings. The molecule has 0 aliphatic carbocycles. The van der Waals surface area contributed by atoms with E-state index in [-0.39, 0.29) is 4.90 Å². The van der Waals surface area contributed by atoms with Gasteiger partial charge in [-0.15, -0.1) is 5.10 Å². The summed E-state index contributed by atoms with van der Waals surface area (Å²) in [7, 11) is -3.55. The quantitative estimate of drug-likeness (QED) is 0.641. The average Bonchev–Trinajstić information content (AvgIpc) is 3.11. The first-order valence-corrected chi connectivity index (χ1v) is 11.3. The minimum atomic E-state index is -3.55. The van der Waals surface area contributed by atoms with Crippen molar-refractivity contribution in [3.8, 4) is 0 Å². The normalized spacial score (nSPS) is 18.2. The molecule has 154 valence electrons. The Balaban J connectivity index is 1.61. The summed E-state index contributed by atoms with van der Waals surface area (Å²) in [6, 6.07) is 11.1. The van der Waals surface area contributed by atoms with Crippen molar-refractivity contribution in [2.24, 2.45) is 5.92 Å². The van der Waals surface area contributed by atoms with Crippen molar-refractivity contribution in [3.05, 3.63) is 53.1 Å². The van der Waals surface area contributed by atoms with E-state index < -0.39 is 10.0 Å². The van der Waals surface area contributed by atoms with Gasteiger partial charge < -0.3 is 4.84 Å². The van der Waals surface area contributed by atoms with Crippen LogP contribution in [0.15, 0.2) is 41.3 Å². The number of aryl methyl sites for hydroxylation is 2. The van der Waals surface area contributed by atoms with Crippen molar-refractivity contribution in [3.63, 3.8) is 0 Å². The highest BCUT2D eigenvalue weighted by atomic mass is 32.2. The molecule has 8 heteroatoms. The van der Waals surface area contributed by atoms with Gasteiger partial charge in [-0.05, 0) is 67.1 Å². The van der Waals surface area contributed by atoms with Gasteiger partial charge in [-0.1, -0.05) is 35.5 Å². The molecule has 0 saturated carbocycles. The van der Waals surface area contributed by atoms with Gasteiger partial charge >= 0.3 is 0 Å². The Labute approximate surface area is 171 Å². The third-order valence-electron chi connectivity index (χ3n) is 5.49. The highest BCUT2D eigenvalue weighted by molar-refractivity contribution is 7.89. The first kappa shape index (κ1) is 19.8. The lowest BCUT2D eigenvalue weighted by molar-refractivity contribution is 0.0748. The fourth-order valence-corrected chi connectivity index (χ4v) is 5.35. The summed E-state index contributed by atoms with van der Waals surface area (Å²) in [5.41, 5.74) is 4.47. The van der Waals surface area contributed by atoms with Crippen LogP contribution in [0.2, 0.25) is 0 Å². The zero-order valence-corrected chi connectivity index (χ0v) is 17.8. The molecule has 0 N–H and O–H groups in total. The van der Waals surface area contributed by atoms with Gasteiger partial charge in [0, 0.05) is 13.1 Å². The van der Waals surface area contributed by atoms with Crippen molar-refractivity contribution in [1.82, 2.24) is 19.5 Å². The lowest BCUT2D eigenvalue weighted by atomic mass is 10.0. The maximum atomic E-state index is 13.1. The Hall–Kier alpha value is -2.45. The average molecular weight is 415 g/mol. The lowest BCUT2D eigenvalue weighted by Crippen LogP contribution is -2.39. The summed E-state index contributed by atoms with van der Waals surface area (Å²) < 4.78 is 27.8. The standard InChI is InChI=1S/C21H26N4O3S/c1-15-6-7-17(3)18(11-15)14-28-25-21-12-19(8-9-20(21)22-23-25)29(26,27)24-10-4-5-16(2)13-24/h6-9,11-12,16H,4-5,10,13-14H2,1-3H3/t16-/m0/s1. The molecule has 0 radical (unpaired) electrons. The smallest absolute Gasteiger partial charge is 0.243 e. The largest absolute Gasteiger partial charge is 0.390 e. The number of rotatable bonds is 5. The maximum Gasteiger partial charge on any atom is 0.243 e. The Morgan fingerprint density at radius 2 is 2.00 bits per heavy atom. The van der Waals surface area contributed by atoms with Crippen LogP contribution >= 0.6 is 0 Å². The van der Waals surface area contributed by atoms with E-state index in [9.17, 15) is 8.42 Å². The third-order valence-corrected chi connectivity index (χ3v) is 7.35. The molecule has 0 spiro atoms. The first-order chi connectivity index (χ1) is 13.8. The summed E-state index contributed by atoms with van der Waals surface area (Å²) in [6.45, 7) is 7.60. The van der Waals surface area contributed by atoms with Gasteiger partial charge in [0.2, 0.25) is 10.0 Å². The number of hydrogen-bond acceptors (Lipinski definition) is 5. The van der Waals surface area contributed by atoms with E-state index in [4.69, 9.17) is 4.84 Å². The molecule has 0 bridgehead atoms. The monoisotopic (exact) mass is 414 g/mol. The van der Waals surface area contributed by atoms with Gasteiger partial charge in [-0.2, -0.15) is 4.31 Å². The Kier molecular flexibility index (Phi) is 5.31. The molecule has 1 atom stereocenters. The van der Waals surface area contributed by atoms with Gasteiger partial charge in [-0.25, -0.2) is 8.42 Å². The minimum absolute atomic E-state index is 0.248. The first-order valence-electron chi connectivity index (χ1n) is 9.89. The van der Waals surface area contributed by atoms with E-state index in [1.807, 2.05) is 13.8 Å². The van der Waals surface area contributed by atoms with Crippen LogP contribution in [0.1, 0.15) is 36.5 Å². The van der Waals surface area contributed by atoms with Gasteiger partial charge in [0.05, 0.1) is 4.90 Å². The highest BCUT2D eigenvalue weighted by Gasteiger charge is 2.29. The van der Waals surface area contributed by atoms with Crippen molar-refractivity contribution >= 4 is 21.1 Å². The predicted octanol–water partition coefficient (Wildman–Crippen LogP) is 3.10. The van der Waals surface area contributed by atoms with E-state index >= 15 is 0 Å². The Morgan fingerprint density at radius 1 is 1.17 bits per heavy atom. The third kappa shape index (κ3) is 4.00. The fraction of sp³-hybridized carbons (Fsp3) is 0.429. The van der Waals surface area contributed by atoms with Crippen LogP contribution in [-0.2, 0) is 16.6 Å². The van der Waals surface area contributed by atoms with E-state index in [0.717, 1.165) is 29.5 Å². The predicted molar refractivity (Wildman–Crippen MR) is 111 cm³/mol. The van der Waals surface area contributed by atoms with Crippen LogP contribution in [-0.4, -0.2) is 41.0 Å². The van der Waals surface area contributed by atoms with Gasteiger partial charge in [0.1, 0.15) is 17.6 Å². The van der Waals surface area contributed by atoms with E-state index in [0.29, 0.717) is 36.6 Å². The van der Waals surface area contributed by atoms with E-state index in [2.05, 4.69) is 35.4 Å². The molecule has 1 fully saturated rings. The SMILES string of the molecule is Cc1ccc(C)c(COn2nnc3ccc(S(=O)(=O)N4CCC[C@H](C)C4)cc32)c1. The summed E-state index contributed by atoms with van der Waals surface area (Å²) in [6.07, 6.45) is 1.95. The molecule has 4 rings (SSSR count). The molecule has 1 aliphatic heterocycles. The van der Waals surface area contributed by atoms with Crippen LogP contribution in [0.3, 0.4) is 0 Å². The number of hydrogen-bond donors (Lipinski definition) is 0. The van der Waals surface area contributed by atoms with Crippen molar-refractivity contribution in [2.75, 3.05) is 13.1 Å². The van der Waals surface area contributed by atoms with E-state index in [1.54, 1.807) is 22.5 Å². The van der Waals surface area contributed by atoms with Crippen LogP contribution in [0.25, 0.3) is 11.0 Å². The van der Waals surface area contributed by atoms with Gasteiger partial charge in [0.15, 0.2) is 0 Å². The van der Waals surface area contributed by atoms with Crippen molar-refractivity contribution in [2.45, 2.75) is 45.1 Å². The molecule has 1 aliphatic rings. The summed E-state index contributed by atoms with van der Waals surface area (Å²) in [4.78, 5) is 7.41. The second-order valence-corrected chi connectivity index (χ2v) is 9.86. The van der Waals surface area contributed by atoms with Crippen molar-refractivity contribution < 1.29 is 13.3 Å². The molecule has 1 aromatic heterocycles. The molecule has 2 heterocycles. The highest BCUT2D eigenvalue weighted by Crippen LogP contribution is 2.25. The topological polar surface area (TPSA) is 77.3 Å². The van der Waals surface area contributed by atoms with Gasteiger partial charge in [0.25, 0.3) is 0 Å². The summed E-state index contributed by atoms with van der Waals surface area (Å²) in [5.74, 6) is 0.371. The Morgan fingerprint density at radius 3 is 2.79 bits per heavy atom. The summed E-state index contributed by atoms with van der Waals surface area (Å²) in [5, 5.41) is 8.14. The van der Waals surface area contributed by atoms with Crippen LogP contribution in [0.4, 0.5) is 0 Å². The second kappa shape index (κ2) is 7.76. The fourth-order valence-electron chi connectivity index (χ4n) is 3.73. The lowest BCUT2D eigenvalue weighted by Gasteiger charge is -2.30. The number of fused-ring (bicyclic) bond motifs is 1. The molecular weight excluding hydrogens is 388 g/mol. The van der Waals surface area contributed by atoms with Crippen LogP contribution in [0, 0.1) is 19.8 Å². The molecule has 0 unspecified atom stereocenters. The minimum Gasteiger partial charge on any atom is -0.390 e. The Bertz CT molecular complexity index is 1140.